The number of hydrogen-bond acceptors (Lipinski definition) is 2. The Morgan fingerprint density at radius 2 is 2.00 bits per heavy atom. The van der Waals surface area contributed by atoms with Crippen LogP contribution in [0.4, 0.5) is 15.8 Å². The second kappa shape index (κ2) is 5.40. The minimum Gasteiger partial charge on any atom is -0.399 e. The Kier molecular flexibility index (Phi) is 3.85. The van der Waals surface area contributed by atoms with E-state index in [1.54, 1.807) is 31.2 Å². The number of nitrogen functional groups attached to an aromatic ring is 1. The Morgan fingerprint density at radius 3 is 2.68 bits per heavy atom. The summed E-state index contributed by atoms with van der Waals surface area (Å²) in [7, 11) is 0. The van der Waals surface area contributed by atoms with Crippen LogP contribution in [0.3, 0.4) is 0 Å². The fraction of sp³-hybridized carbons (Fsp3) is 0.0714. The molecule has 0 spiro atoms. The first-order valence-electron chi connectivity index (χ1n) is 5.60. The van der Waals surface area contributed by atoms with Crippen molar-refractivity contribution in [3.8, 4) is 0 Å². The molecule has 0 aromatic heterocycles. The van der Waals surface area contributed by atoms with Crippen LogP contribution in [-0.2, 0) is 0 Å². The smallest absolute Gasteiger partial charge is 0.256 e. The predicted molar refractivity (Wildman–Crippen MR) is 77.6 cm³/mol. The molecule has 3 N–H and O–H groups in total. The van der Waals surface area contributed by atoms with E-state index in [4.69, 9.17) is 5.73 Å². The van der Waals surface area contributed by atoms with Gasteiger partial charge in [0, 0.05) is 15.7 Å². The number of aryl methyl sites for hydroxylation is 1. The first-order valence-corrected chi connectivity index (χ1v) is 6.39. The Balaban J connectivity index is 2.28. The summed E-state index contributed by atoms with van der Waals surface area (Å²) in [6.07, 6.45) is 0. The number of anilines is 2. The van der Waals surface area contributed by atoms with Crippen LogP contribution in [0.1, 0.15) is 15.9 Å². The Hall–Kier alpha value is -1.88. The summed E-state index contributed by atoms with van der Waals surface area (Å²) >= 11 is 3.23. The molecule has 0 saturated carbocycles. The standard InChI is InChI=1S/C14H12BrFN2O/c1-8-6-10(17)3-4-11(8)14(19)18-13-7-9(15)2-5-12(13)16/h2-7H,17H2,1H3,(H,18,19). The van der Waals surface area contributed by atoms with Crippen LogP contribution in [0.5, 0.6) is 0 Å². The molecule has 2 aromatic rings. The summed E-state index contributed by atoms with van der Waals surface area (Å²) in [6.45, 7) is 1.78. The zero-order valence-electron chi connectivity index (χ0n) is 10.2. The lowest BCUT2D eigenvalue weighted by molar-refractivity contribution is 0.102. The highest BCUT2D eigenvalue weighted by Gasteiger charge is 2.12. The second-order valence-electron chi connectivity index (χ2n) is 4.15. The van der Waals surface area contributed by atoms with Crippen molar-refractivity contribution >= 4 is 33.2 Å². The highest BCUT2D eigenvalue weighted by Crippen LogP contribution is 2.21. The van der Waals surface area contributed by atoms with Gasteiger partial charge in [0.15, 0.2) is 0 Å². The highest BCUT2D eigenvalue weighted by molar-refractivity contribution is 9.10. The van der Waals surface area contributed by atoms with Gasteiger partial charge in [0.25, 0.3) is 5.91 Å². The number of benzene rings is 2. The summed E-state index contributed by atoms with van der Waals surface area (Å²) in [5.41, 5.74) is 7.56. The van der Waals surface area contributed by atoms with E-state index in [-0.39, 0.29) is 11.6 Å². The molecule has 2 rings (SSSR count). The van der Waals surface area contributed by atoms with Gasteiger partial charge in [-0.3, -0.25) is 4.79 Å². The average Bonchev–Trinajstić information content (AvgIpc) is 2.33. The third kappa shape index (κ3) is 3.12. The van der Waals surface area contributed by atoms with Crippen molar-refractivity contribution in [2.45, 2.75) is 6.92 Å². The van der Waals surface area contributed by atoms with Gasteiger partial charge in [-0.2, -0.15) is 0 Å². The summed E-state index contributed by atoms with van der Waals surface area (Å²) in [5.74, 6) is -0.848. The molecular formula is C14H12BrFN2O. The molecule has 2 aromatic carbocycles. The van der Waals surface area contributed by atoms with E-state index in [0.29, 0.717) is 15.7 Å². The number of carbonyl (C=O) groups is 1. The molecule has 0 aliphatic rings. The fourth-order valence-corrected chi connectivity index (χ4v) is 2.09. The topological polar surface area (TPSA) is 55.1 Å². The first kappa shape index (κ1) is 13.5. The number of nitrogens with one attached hydrogen (secondary N) is 1. The Morgan fingerprint density at radius 1 is 1.26 bits per heavy atom. The molecule has 0 radical (unpaired) electrons. The van der Waals surface area contributed by atoms with E-state index in [9.17, 15) is 9.18 Å². The lowest BCUT2D eigenvalue weighted by Crippen LogP contribution is -2.14. The van der Waals surface area contributed by atoms with Gasteiger partial charge in [-0.25, -0.2) is 4.39 Å². The van der Waals surface area contributed by atoms with Crippen LogP contribution in [0, 0.1) is 12.7 Å². The number of nitrogens with two attached hydrogens (primary N) is 1. The van der Waals surface area contributed by atoms with Gasteiger partial charge in [0.2, 0.25) is 0 Å². The van der Waals surface area contributed by atoms with Crippen LogP contribution in [0.25, 0.3) is 0 Å². The van der Waals surface area contributed by atoms with E-state index in [0.717, 1.165) is 5.56 Å². The van der Waals surface area contributed by atoms with Gasteiger partial charge in [0.05, 0.1) is 5.69 Å². The van der Waals surface area contributed by atoms with E-state index in [2.05, 4.69) is 21.2 Å². The highest BCUT2D eigenvalue weighted by atomic mass is 79.9. The van der Waals surface area contributed by atoms with Crippen LogP contribution in [0.15, 0.2) is 40.9 Å². The summed E-state index contributed by atoms with van der Waals surface area (Å²) in [4.78, 5) is 12.1. The maximum absolute atomic E-state index is 13.6. The molecular weight excluding hydrogens is 311 g/mol. The molecule has 19 heavy (non-hydrogen) atoms. The molecule has 0 aliphatic carbocycles. The largest absolute Gasteiger partial charge is 0.399 e. The second-order valence-corrected chi connectivity index (χ2v) is 5.07. The van der Waals surface area contributed by atoms with Gasteiger partial charge < -0.3 is 11.1 Å². The average molecular weight is 323 g/mol. The lowest BCUT2D eigenvalue weighted by Gasteiger charge is -2.09. The van der Waals surface area contributed by atoms with Gasteiger partial charge in [-0.15, -0.1) is 0 Å². The number of halogens is 2. The van der Waals surface area contributed by atoms with Crippen LogP contribution in [0.2, 0.25) is 0 Å². The quantitative estimate of drug-likeness (QED) is 0.828. The molecule has 0 aliphatic heterocycles. The zero-order chi connectivity index (χ0) is 14.0. The molecule has 0 fully saturated rings. The number of rotatable bonds is 2. The monoisotopic (exact) mass is 322 g/mol. The molecule has 5 heteroatoms. The first-order chi connectivity index (χ1) is 8.97. The van der Waals surface area contributed by atoms with Crippen molar-refractivity contribution in [2.24, 2.45) is 0 Å². The van der Waals surface area contributed by atoms with Crippen LogP contribution >= 0.6 is 15.9 Å². The number of hydrogen-bond donors (Lipinski definition) is 2. The van der Waals surface area contributed by atoms with E-state index in [1.807, 2.05) is 0 Å². The van der Waals surface area contributed by atoms with E-state index >= 15 is 0 Å². The summed E-state index contributed by atoms with van der Waals surface area (Å²) in [6, 6.07) is 9.33. The minimum absolute atomic E-state index is 0.135. The van der Waals surface area contributed by atoms with Crippen molar-refractivity contribution in [1.82, 2.24) is 0 Å². The molecule has 3 nitrogen and oxygen atoms in total. The van der Waals surface area contributed by atoms with E-state index in [1.165, 1.54) is 12.1 Å². The molecule has 0 atom stereocenters. The van der Waals surface area contributed by atoms with Crippen molar-refractivity contribution in [3.05, 3.63) is 57.8 Å². The molecule has 0 bridgehead atoms. The number of amides is 1. The predicted octanol–water partition coefficient (Wildman–Crippen LogP) is 3.73. The summed E-state index contributed by atoms with van der Waals surface area (Å²) in [5, 5.41) is 2.54. The fourth-order valence-electron chi connectivity index (χ4n) is 1.72. The van der Waals surface area contributed by atoms with Crippen LogP contribution < -0.4 is 11.1 Å². The Labute approximate surface area is 118 Å². The normalized spacial score (nSPS) is 10.3. The Bertz CT molecular complexity index is 643. The molecule has 0 unspecified atom stereocenters. The molecule has 0 saturated heterocycles. The van der Waals surface area contributed by atoms with Crippen molar-refractivity contribution in [3.63, 3.8) is 0 Å². The van der Waals surface area contributed by atoms with Gasteiger partial charge >= 0.3 is 0 Å². The van der Waals surface area contributed by atoms with Crippen molar-refractivity contribution < 1.29 is 9.18 Å². The van der Waals surface area contributed by atoms with Crippen molar-refractivity contribution in [1.29, 1.82) is 0 Å². The van der Waals surface area contributed by atoms with Gasteiger partial charge in [0.1, 0.15) is 5.82 Å². The maximum Gasteiger partial charge on any atom is 0.256 e. The third-order valence-electron chi connectivity index (χ3n) is 2.67. The van der Waals surface area contributed by atoms with Crippen molar-refractivity contribution in [2.75, 3.05) is 11.1 Å². The third-order valence-corrected chi connectivity index (χ3v) is 3.16. The lowest BCUT2D eigenvalue weighted by atomic mass is 10.1. The molecule has 0 heterocycles. The molecule has 98 valence electrons. The maximum atomic E-state index is 13.6. The number of carbonyl (C=O) groups excluding carboxylic acids is 1. The summed E-state index contributed by atoms with van der Waals surface area (Å²) < 4.78 is 14.2. The zero-order valence-corrected chi connectivity index (χ0v) is 11.8. The van der Waals surface area contributed by atoms with E-state index < -0.39 is 5.82 Å². The molecule has 1 amide bonds. The van der Waals surface area contributed by atoms with Crippen LogP contribution in [-0.4, -0.2) is 5.91 Å². The van der Waals surface area contributed by atoms with Gasteiger partial charge in [-0.1, -0.05) is 15.9 Å². The van der Waals surface area contributed by atoms with Gasteiger partial charge in [-0.05, 0) is 48.9 Å². The SMILES string of the molecule is Cc1cc(N)ccc1C(=O)Nc1cc(Br)ccc1F. The minimum atomic E-state index is -0.482.